The number of carbonyl (C=O) groups is 1. The quantitative estimate of drug-likeness (QED) is 0.241. The number of hydrogen-bond acceptors (Lipinski definition) is 6. The van der Waals surface area contributed by atoms with Gasteiger partial charge in [-0.1, -0.05) is 66.7 Å². The number of benzene rings is 3. The number of nitrogens with one attached hydrogen (secondary N) is 1. The summed E-state index contributed by atoms with van der Waals surface area (Å²) in [7, 11) is 0. The average molecular weight is 455 g/mol. The summed E-state index contributed by atoms with van der Waals surface area (Å²) in [6.07, 6.45) is 1.30. The molecule has 34 heavy (non-hydrogen) atoms. The first-order valence-corrected chi connectivity index (χ1v) is 10.4. The number of nitro groups is 1. The van der Waals surface area contributed by atoms with Crippen LogP contribution in [0.15, 0.2) is 101 Å². The molecule has 8 heteroatoms. The van der Waals surface area contributed by atoms with Crippen LogP contribution in [0, 0.1) is 17.0 Å². The number of non-ortho nitro benzene ring substituents is 1. The van der Waals surface area contributed by atoms with Crippen LogP contribution in [-0.4, -0.2) is 22.2 Å². The predicted octanol–water partition coefficient (Wildman–Crippen LogP) is 4.55. The summed E-state index contributed by atoms with van der Waals surface area (Å²) in [4.78, 5) is 23.7. The Morgan fingerprint density at radius 3 is 2.21 bits per heavy atom. The molecule has 170 valence electrons. The summed E-state index contributed by atoms with van der Waals surface area (Å²) < 4.78 is 5.74. The minimum Gasteiger partial charge on any atom is -0.455 e. The normalized spacial score (nSPS) is 11.5. The Morgan fingerprint density at radius 2 is 1.62 bits per heavy atom. The molecular weight excluding hydrogens is 434 g/mol. The topological polar surface area (TPSA) is 118 Å². The van der Waals surface area contributed by atoms with Crippen molar-refractivity contribution in [3.63, 3.8) is 0 Å². The summed E-state index contributed by atoms with van der Waals surface area (Å²) >= 11 is 0. The van der Waals surface area contributed by atoms with Gasteiger partial charge in [0.05, 0.1) is 11.1 Å². The van der Waals surface area contributed by atoms with E-state index < -0.39 is 16.4 Å². The van der Waals surface area contributed by atoms with Crippen LogP contribution in [0.5, 0.6) is 0 Å². The van der Waals surface area contributed by atoms with Crippen LogP contribution in [0.2, 0.25) is 0 Å². The molecule has 8 nitrogen and oxygen atoms in total. The first kappa shape index (κ1) is 22.6. The second-order valence-electron chi connectivity index (χ2n) is 7.60. The van der Waals surface area contributed by atoms with Crippen molar-refractivity contribution in [3.8, 4) is 11.3 Å². The number of nitrogens with zero attached hydrogens (tertiary/aromatic N) is 2. The number of rotatable bonds is 7. The van der Waals surface area contributed by atoms with E-state index in [4.69, 9.17) is 4.42 Å². The Kier molecular flexibility index (Phi) is 6.33. The number of hydrazone groups is 1. The highest BCUT2D eigenvalue weighted by molar-refractivity contribution is 5.91. The fourth-order valence-electron chi connectivity index (χ4n) is 3.58. The molecule has 0 aliphatic carbocycles. The van der Waals surface area contributed by atoms with Crippen molar-refractivity contribution in [1.82, 2.24) is 5.43 Å². The van der Waals surface area contributed by atoms with Gasteiger partial charge in [0.25, 0.3) is 11.6 Å². The molecule has 2 N–H and O–H groups in total. The lowest BCUT2D eigenvalue weighted by molar-refractivity contribution is -0.384. The van der Waals surface area contributed by atoms with Crippen molar-refractivity contribution >= 4 is 17.8 Å². The first-order valence-electron chi connectivity index (χ1n) is 10.4. The molecule has 4 rings (SSSR count). The van der Waals surface area contributed by atoms with E-state index in [0.717, 1.165) is 5.56 Å². The molecule has 3 aromatic carbocycles. The summed E-state index contributed by atoms with van der Waals surface area (Å²) in [6, 6.07) is 25.0. The van der Waals surface area contributed by atoms with Gasteiger partial charge in [0.15, 0.2) is 5.60 Å². The molecule has 1 aromatic heterocycles. The lowest BCUT2D eigenvalue weighted by atomic mass is 9.85. The number of aryl methyl sites for hydroxylation is 1. The van der Waals surface area contributed by atoms with E-state index >= 15 is 0 Å². The minimum atomic E-state index is -1.95. The van der Waals surface area contributed by atoms with Crippen LogP contribution < -0.4 is 5.43 Å². The van der Waals surface area contributed by atoms with Crippen molar-refractivity contribution in [3.05, 3.63) is 124 Å². The third-order valence-corrected chi connectivity index (χ3v) is 5.39. The third kappa shape index (κ3) is 4.48. The van der Waals surface area contributed by atoms with Gasteiger partial charge in [-0.3, -0.25) is 14.9 Å². The van der Waals surface area contributed by atoms with Crippen LogP contribution in [0.25, 0.3) is 11.3 Å². The van der Waals surface area contributed by atoms with E-state index in [-0.39, 0.29) is 5.69 Å². The summed E-state index contributed by atoms with van der Waals surface area (Å²) in [6.45, 7) is 1.82. The smallest absolute Gasteiger partial charge is 0.281 e. The van der Waals surface area contributed by atoms with E-state index in [9.17, 15) is 20.0 Å². The molecular formula is C26H21N3O5. The van der Waals surface area contributed by atoms with E-state index in [1.54, 1.807) is 78.9 Å². The zero-order valence-corrected chi connectivity index (χ0v) is 18.2. The van der Waals surface area contributed by atoms with Crippen molar-refractivity contribution in [2.75, 3.05) is 0 Å². The number of furan rings is 1. The van der Waals surface area contributed by atoms with E-state index in [1.165, 1.54) is 18.3 Å². The van der Waals surface area contributed by atoms with Crippen LogP contribution in [-0.2, 0) is 10.4 Å². The van der Waals surface area contributed by atoms with Gasteiger partial charge in [0.2, 0.25) is 0 Å². The molecule has 1 heterocycles. The van der Waals surface area contributed by atoms with Crippen molar-refractivity contribution in [2.45, 2.75) is 12.5 Å². The predicted molar refractivity (Wildman–Crippen MR) is 127 cm³/mol. The van der Waals surface area contributed by atoms with Gasteiger partial charge < -0.3 is 9.52 Å². The van der Waals surface area contributed by atoms with Gasteiger partial charge in [-0.2, -0.15) is 5.10 Å². The zero-order chi connectivity index (χ0) is 24.1. The molecule has 0 fully saturated rings. The maximum atomic E-state index is 13.1. The van der Waals surface area contributed by atoms with Gasteiger partial charge in [-0.15, -0.1) is 0 Å². The largest absolute Gasteiger partial charge is 0.455 e. The molecule has 0 unspecified atom stereocenters. The van der Waals surface area contributed by atoms with Gasteiger partial charge in [-0.25, -0.2) is 5.43 Å². The van der Waals surface area contributed by atoms with Gasteiger partial charge in [0, 0.05) is 17.7 Å². The van der Waals surface area contributed by atoms with Gasteiger partial charge in [-0.05, 0) is 35.7 Å². The molecule has 0 aliphatic heterocycles. The molecule has 0 atom stereocenters. The summed E-state index contributed by atoms with van der Waals surface area (Å²) in [5.41, 5.74) is 2.59. The number of hydrogen-bond donors (Lipinski definition) is 2. The van der Waals surface area contributed by atoms with Crippen LogP contribution in [0.4, 0.5) is 5.69 Å². The highest BCUT2D eigenvalue weighted by atomic mass is 16.6. The van der Waals surface area contributed by atoms with Crippen LogP contribution in [0.1, 0.15) is 22.5 Å². The number of aliphatic hydroxyl groups is 1. The van der Waals surface area contributed by atoms with Crippen molar-refractivity contribution in [1.29, 1.82) is 0 Å². The SMILES string of the molecule is Cc1ccc([N+](=O)[O-])cc1-c1ccc(/C=N/NC(=O)C(O)(c2ccccc2)c2ccccc2)o1. The molecule has 0 radical (unpaired) electrons. The number of carbonyl (C=O) groups excluding carboxylic acids is 1. The molecule has 4 aromatic rings. The molecule has 0 saturated carbocycles. The second-order valence-corrected chi connectivity index (χ2v) is 7.60. The van der Waals surface area contributed by atoms with E-state index in [1.807, 2.05) is 6.92 Å². The number of amides is 1. The highest BCUT2D eigenvalue weighted by Gasteiger charge is 2.39. The Labute approximate surface area is 195 Å². The van der Waals surface area contributed by atoms with Gasteiger partial charge in [0.1, 0.15) is 11.5 Å². The van der Waals surface area contributed by atoms with Crippen molar-refractivity contribution in [2.24, 2.45) is 5.10 Å². The standard InChI is InChI=1S/C26H21N3O5/c1-18-12-13-21(29(32)33)16-23(18)24-15-14-22(34-24)17-27-28-25(30)26(31,19-8-4-2-5-9-19)20-10-6-3-7-11-20/h2-17,31H,1H3,(H,28,30)/b27-17+. The molecule has 0 aliphatic rings. The monoisotopic (exact) mass is 455 g/mol. The third-order valence-electron chi connectivity index (χ3n) is 5.39. The Balaban J connectivity index is 1.56. The van der Waals surface area contributed by atoms with Crippen molar-refractivity contribution < 1.29 is 19.2 Å². The summed E-state index contributed by atoms with van der Waals surface area (Å²) in [5, 5.41) is 26.4. The second kappa shape index (κ2) is 9.51. The Hall–Kier alpha value is -4.56. The number of nitro benzene ring substituents is 1. The molecule has 0 bridgehead atoms. The molecule has 0 spiro atoms. The lowest BCUT2D eigenvalue weighted by Gasteiger charge is -2.26. The molecule has 0 saturated heterocycles. The maximum absolute atomic E-state index is 13.1. The maximum Gasteiger partial charge on any atom is 0.281 e. The van der Waals surface area contributed by atoms with Crippen LogP contribution >= 0.6 is 0 Å². The lowest BCUT2D eigenvalue weighted by Crippen LogP contribution is -2.43. The van der Waals surface area contributed by atoms with Crippen LogP contribution in [0.3, 0.4) is 0 Å². The minimum absolute atomic E-state index is 0.0411. The first-order chi connectivity index (χ1) is 16.4. The fourth-order valence-corrected chi connectivity index (χ4v) is 3.58. The Morgan fingerprint density at radius 1 is 1.00 bits per heavy atom. The highest BCUT2D eigenvalue weighted by Crippen LogP contribution is 2.30. The Bertz CT molecular complexity index is 1310. The van der Waals surface area contributed by atoms with Gasteiger partial charge >= 0.3 is 0 Å². The molecule has 1 amide bonds. The van der Waals surface area contributed by atoms with E-state index in [2.05, 4.69) is 10.5 Å². The fraction of sp³-hybridized carbons (Fsp3) is 0.0769. The zero-order valence-electron chi connectivity index (χ0n) is 18.2. The average Bonchev–Trinajstić information content (AvgIpc) is 3.33. The summed E-state index contributed by atoms with van der Waals surface area (Å²) in [5.74, 6) is 0.0191. The van der Waals surface area contributed by atoms with E-state index in [0.29, 0.717) is 28.2 Å².